The summed E-state index contributed by atoms with van der Waals surface area (Å²) < 4.78 is 18.5. The minimum atomic E-state index is -1.21. The van der Waals surface area contributed by atoms with Crippen LogP contribution in [-0.2, 0) is 0 Å². The van der Waals surface area contributed by atoms with Crippen LogP contribution in [0.25, 0.3) is 22.1 Å². The largest absolute Gasteiger partial charge is 0.478 e. The van der Waals surface area contributed by atoms with Crippen molar-refractivity contribution < 1.29 is 23.5 Å². The van der Waals surface area contributed by atoms with Gasteiger partial charge < -0.3 is 14.8 Å². The number of pyridine rings is 1. The molecule has 4 aromatic rings. The Kier molecular flexibility index (Phi) is 4.17. The number of halogens is 1. The lowest BCUT2D eigenvalue weighted by molar-refractivity contribution is 0.0699. The Balaban J connectivity index is 1.68. The standard InChI is InChI=1S/C19H11FN2O4S/c20-15-6-5-11(8-21-15)12-9-27-18(16(12)19(24)25)22-17(23)14-7-10-3-1-2-4-13(10)26-14/h1-9H,(H,22,23)(H,24,25). The molecule has 2 N–H and O–H groups in total. The highest BCUT2D eigenvalue weighted by Crippen LogP contribution is 2.36. The first kappa shape index (κ1) is 16.9. The number of nitrogens with zero attached hydrogens (tertiary/aromatic N) is 1. The molecule has 0 saturated carbocycles. The molecular weight excluding hydrogens is 371 g/mol. The lowest BCUT2D eigenvalue weighted by Crippen LogP contribution is -2.12. The summed E-state index contributed by atoms with van der Waals surface area (Å²) in [6, 6.07) is 11.3. The summed E-state index contributed by atoms with van der Waals surface area (Å²) in [6.07, 6.45) is 1.24. The summed E-state index contributed by atoms with van der Waals surface area (Å²) in [4.78, 5) is 27.8. The predicted molar refractivity (Wildman–Crippen MR) is 98.6 cm³/mol. The average molecular weight is 382 g/mol. The molecule has 3 heterocycles. The highest BCUT2D eigenvalue weighted by molar-refractivity contribution is 7.15. The van der Waals surface area contributed by atoms with E-state index in [1.807, 2.05) is 12.1 Å². The molecule has 134 valence electrons. The maximum absolute atomic E-state index is 13.0. The van der Waals surface area contributed by atoms with Crippen LogP contribution in [0.1, 0.15) is 20.9 Å². The summed E-state index contributed by atoms with van der Waals surface area (Å²) in [7, 11) is 0. The normalized spacial score (nSPS) is 10.9. The van der Waals surface area contributed by atoms with E-state index in [9.17, 15) is 19.1 Å². The third kappa shape index (κ3) is 3.18. The van der Waals surface area contributed by atoms with Gasteiger partial charge in [0.05, 0.1) is 0 Å². The van der Waals surface area contributed by atoms with Crippen LogP contribution in [0.2, 0.25) is 0 Å². The SMILES string of the molecule is O=C(Nc1scc(-c2ccc(F)nc2)c1C(=O)O)c1cc2ccccc2o1. The van der Waals surface area contributed by atoms with E-state index < -0.39 is 17.8 Å². The number of carbonyl (C=O) groups excluding carboxylic acids is 1. The highest BCUT2D eigenvalue weighted by Gasteiger charge is 2.23. The van der Waals surface area contributed by atoms with E-state index in [4.69, 9.17) is 4.42 Å². The number of rotatable bonds is 4. The first-order chi connectivity index (χ1) is 13.0. The van der Waals surface area contributed by atoms with Crippen molar-refractivity contribution >= 4 is 39.2 Å². The summed E-state index contributed by atoms with van der Waals surface area (Å²) >= 11 is 1.06. The number of furan rings is 1. The molecule has 0 aliphatic rings. The van der Waals surface area contributed by atoms with E-state index in [0.717, 1.165) is 22.8 Å². The molecule has 8 heteroatoms. The Morgan fingerprint density at radius 3 is 2.70 bits per heavy atom. The number of hydrogen-bond donors (Lipinski definition) is 2. The summed E-state index contributed by atoms with van der Waals surface area (Å²) in [5, 5.41) is 14.7. The molecule has 6 nitrogen and oxygen atoms in total. The molecule has 27 heavy (non-hydrogen) atoms. The third-order valence-corrected chi connectivity index (χ3v) is 4.82. The molecule has 0 radical (unpaired) electrons. The zero-order chi connectivity index (χ0) is 19.0. The number of fused-ring (bicyclic) bond motifs is 1. The number of benzene rings is 1. The van der Waals surface area contributed by atoms with Gasteiger partial charge in [0, 0.05) is 28.1 Å². The fourth-order valence-corrected chi connectivity index (χ4v) is 3.62. The molecule has 0 fully saturated rings. The second-order valence-electron chi connectivity index (χ2n) is 5.63. The number of carboxylic acid groups (broad SMARTS) is 1. The number of hydrogen-bond acceptors (Lipinski definition) is 5. The number of nitrogens with one attached hydrogen (secondary N) is 1. The monoisotopic (exact) mass is 382 g/mol. The Hall–Kier alpha value is -3.52. The number of carboxylic acids is 1. The zero-order valence-electron chi connectivity index (χ0n) is 13.6. The maximum atomic E-state index is 13.0. The fourth-order valence-electron chi connectivity index (χ4n) is 2.67. The van der Waals surface area contributed by atoms with E-state index in [2.05, 4.69) is 10.3 Å². The van der Waals surface area contributed by atoms with E-state index in [-0.39, 0.29) is 16.3 Å². The molecule has 0 aliphatic carbocycles. The van der Waals surface area contributed by atoms with Crippen molar-refractivity contribution in [3.8, 4) is 11.1 Å². The second-order valence-corrected chi connectivity index (χ2v) is 6.51. The van der Waals surface area contributed by atoms with Gasteiger partial charge in [-0.1, -0.05) is 18.2 Å². The second kappa shape index (κ2) is 6.65. The Labute approximate surface area is 155 Å². The van der Waals surface area contributed by atoms with Crippen molar-refractivity contribution in [2.24, 2.45) is 0 Å². The summed E-state index contributed by atoms with van der Waals surface area (Å²) in [5.74, 6) is -2.36. The molecule has 0 bridgehead atoms. The first-order valence-electron chi connectivity index (χ1n) is 7.79. The van der Waals surface area contributed by atoms with E-state index >= 15 is 0 Å². The van der Waals surface area contributed by atoms with Crippen molar-refractivity contribution in [2.45, 2.75) is 0 Å². The molecular formula is C19H11FN2O4S. The first-order valence-corrected chi connectivity index (χ1v) is 8.67. The summed E-state index contributed by atoms with van der Waals surface area (Å²) in [5.41, 5.74) is 1.26. The Morgan fingerprint density at radius 2 is 2.00 bits per heavy atom. The number of amides is 1. The lowest BCUT2D eigenvalue weighted by Gasteiger charge is -2.04. The lowest BCUT2D eigenvalue weighted by atomic mass is 10.1. The Bertz CT molecular complexity index is 1130. The molecule has 1 aromatic carbocycles. The van der Waals surface area contributed by atoms with Crippen molar-refractivity contribution in [1.82, 2.24) is 4.98 Å². The number of para-hydroxylation sites is 1. The van der Waals surface area contributed by atoms with Gasteiger partial charge in [-0.15, -0.1) is 11.3 Å². The fraction of sp³-hybridized carbons (Fsp3) is 0. The van der Waals surface area contributed by atoms with E-state index in [1.54, 1.807) is 23.6 Å². The van der Waals surface area contributed by atoms with Gasteiger partial charge in [0.25, 0.3) is 5.91 Å². The van der Waals surface area contributed by atoms with Gasteiger partial charge in [0.2, 0.25) is 5.95 Å². The Morgan fingerprint density at radius 1 is 1.19 bits per heavy atom. The van der Waals surface area contributed by atoms with Gasteiger partial charge >= 0.3 is 5.97 Å². The maximum Gasteiger partial charge on any atom is 0.339 e. The van der Waals surface area contributed by atoms with Gasteiger partial charge in [-0.3, -0.25) is 4.79 Å². The van der Waals surface area contributed by atoms with E-state index in [1.165, 1.54) is 12.3 Å². The molecule has 4 rings (SSSR count). The molecule has 0 unspecified atom stereocenters. The van der Waals surface area contributed by atoms with Crippen molar-refractivity contribution in [3.05, 3.63) is 71.3 Å². The zero-order valence-corrected chi connectivity index (χ0v) is 14.4. The van der Waals surface area contributed by atoms with Crippen LogP contribution in [0.3, 0.4) is 0 Å². The summed E-state index contributed by atoms with van der Waals surface area (Å²) in [6.45, 7) is 0. The molecule has 0 atom stereocenters. The topological polar surface area (TPSA) is 92.4 Å². The number of carbonyl (C=O) groups is 2. The van der Waals surface area contributed by atoms with Gasteiger partial charge in [-0.25, -0.2) is 9.78 Å². The molecule has 3 aromatic heterocycles. The number of aromatic carboxylic acids is 1. The van der Waals surface area contributed by atoms with Gasteiger partial charge in [-0.05, 0) is 24.3 Å². The van der Waals surface area contributed by atoms with Gasteiger partial charge in [0.1, 0.15) is 16.1 Å². The number of aromatic nitrogens is 1. The van der Waals surface area contributed by atoms with Crippen LogP contribution < -0.4 is 5.32 Å². The smallest absolute Gasteiger partial charge is 0.339 e. The van der Waals surface area contributed by atoms with Crippen molar-refractivity contribution in [1.29, 1.82) is 0 Å². The average Bonchev–Trinajstić information content (AvgIpc) is 3.26. The highest BCUT2D eigenvalue weighted by atomic mass is 32.1. The van der Waals surface area contributed by atoms with Crippen LogP contribution in [0.15, 0.2) is 58.5 Å². The number of thiophene rings is 1. The van der Waals surface area contributed by atoms with Crippen molar-refractivity contribution in [3.63, 3.8) is 0 Å². The van der Waals surface area contributed by atoms with Crippen LogP contribution >= 0.6 is 11.3 Å². The number of anilines is 1. The molecule has 0 aliphatic heterocycles. The van der Waals surface area contributed by atoms with Crippen LogP contribution in [0.4, 0.5) is 9.39 Å². The molecule has 0 spiro atoms. The van der Waals surface area contributed by atoms with Crippen LogP contribution in [0.5, 0.6) is 0 Å². The predicted octanol–water partition coefficient (Wildman–Crippen LogP) is 4.65. The van der Waals surface area contributed by atoms with Gasteiger partial charge in [-0.2, -0.15) is 4.39 Å². The minimum absolute atomic E-state index is 0.0749. The van der Waals surface area contributed by atoms with Crippen molar-refractivity contribution in [2.75, 3.05) is 5.32 Å². The quantitative estimate of drug-likeness (QED) is 0.502. The molecule has 1 amide bonds. The third-order valence-electron chi connectivity index (χ3n) is 3.92. The van der Waals surface area contributed by atoms with Gasteiger partial charge in [0.15, 0.2) is 5.76 Å². The van der Waals surface area contributed by atoms with Crippen LogP contribution in [0, 0.1) is 5.95 Å². The minimum Gasteiger partial charge on any atom is -0.478 e. The van der Waals surface area contributed by atoms with E-state index in [0.29, 0.717) is 16.7 Å². The van der Waals surface area contributed by atoms with Crippen LogP contribution in [-0.4, -0.2) is 22.0 Å². The molecule has 0 saturated heterocycles.